The molecule has 1 aromatic heterocycles. The molecule has 6 heteroatoms. The van der Waals surface area contributed by atoms with Gasteiger partial charge < -0.3 is 9.64 Å². The molecule has 1 saturated heterocycles. The van der Waals surface area contributed by atoms with Crippen LogP contribution in [-0.4, -0.2) is 52.3 Å². The van der Waals surface area contributed by atoms with Gasteiger partial charge in [0, 0.05) is 31.7 Å². The van der Waals surface area contributed by atoms with Crippen LogP contribution in [0.25, 0.3) is 0 Å². The lowest BCUT2D eigenvalue weighted by molar-refractivity contribution is 0.0152. The number of aromatic nitrogens is 2. The van der Waals surface area contributed by atoms with Gasteiger partial charge in [-0.2, -0.15) is 5.10 Å². The van der Waals surface area contributed by atoms with Crippen molar-refractivity contribution >= 4 is 17.5 Å². The molecule has 2 heterocycles. The molecule has 0 saturated carbocycles. The summed E-state index contributed by atoms with van der Waals surface area (Å²) in [6.45, 7) is 3.97. The number of rotatable bonds is 4. The van der Waals surface area contributed by atoms with Gasteiger partial charge in [-0.05, 0) is 25.8 Å². The number of hydrogen-bond acceptors (Lipinski definition) is 3. The van der Waals surface area contributed by atoms with E-state index < -0.39 is 0 Å². The molecule has 0 radical (unpaired) electrons. The standard InChI is InChI=1S/C13H20ClN3O2/c1-10-9-12(15-16(10)2)13(18)17-6-3-11(4-7-17)19-8-5-14/h9,11H,3-8H2,1-2H3. The molecule has 0 spiro atoms. The van der Waals surface area contributed by atoms with E-state index in [9.17, 15) is 4.79 Å². The molecule has 0 N–H and O–H groups in total. The van der Waals surface area contributed by atoms with Crippen LogP contribution in [0.3, 0.4) is 0 Å². The van der Waals surface area contributed by atoms with Crippen LogP contribution in [0.5, 0.6) is 0 Å². The normalized spacial score (nSPS) is 16.9. The number of piperidine rings is 1. The fraction of sp³-hybridized carbons (Fsp3) is 0.692. The van der Waals surface area contributed by atoms with Gasteiger partial charge in [-0.1, -0.05) is 0 Å². The second-order valence-corrected chi connectivity index (χ2v) is 5.22. The summed E-state index contributed by atoms with van der Waals surface area (Å²) in [5.74, 6) is 0.534. The van der Waals surface area contributed by atoms with Crippen molar-refractivity contribution in [2.24, 2.45) is 7.05 Å². The Morgan fingerprint density at radius 3 is 2.74 bits per heavy atom. The van der Waals surface area contributed by atoms with Crippen molar-refractivity contribution in [2.75, 3.05) is 25.6 Å². The predicted octanol–water partition coefficient (Wildman–Crippen LogP) is 1.59. The summed E-state index contributed by atoms with van der Waals surface area (Å²) in [7, 11) is 1.85. The number of alkyl halides is 1. The minimum Gasteiger partial charge on any atom is -0.377 e. The molecule has 2 rings (SSSR count). The molecule has 1 aromatic rings. The van der Waals surface area contributed by atoms with E-state index in [1.54, 1.807) is 4.68 Å². The summed E-state index contributed by atoms with van der Waals surface area (Å²) >= 11 is 5.60. The topological polar surface area (TPSA) is 47.4 Å². The van der Waals surface area contributed by atoms with Gasteiger partial charge in [0.05, 0.1) is 12.7 Å². The smallest absolute Gasteiger partial charge is 0.274 e. The Balaban J connectivity index is 1.89. The molecule has 0 bridgehead atoms. The summed E-state index contributed by atoms with van der Waals surface area (Å²) in [5, 5.41) is 4.23. The molecular weight excluding hydrogens is 266 g/mol. The molecule has 1 aliphatic rings. The van der Waals surface area contributed by atoms with Crippen molar-refractivity contribution in [2.45, 2.75) is 25.9 Å². The van der Waals surface area contributed by atoms with Crippen LogP contribution in [-0.2, 0) is 11.8 Å². The van der Waals surface area contributed by atoms with Crippen LogP contribution >= 0.6 is 11.6 Å². The number of ether oxygens (including phenoxy) is 1. The fourth-order valence-corrected chi connectivity index (χ4v) is 2.35. The molecule has 1 amide bonds. The van der Waals surface area contributed by atoms with Crippen LogP contribution in [0.1, 0.15) is 29.0 Å². The van der Waals surface area contributed by atoms with Gasteiger partial charge in [0.25, 0.3) is 5.91 Å². The zero-order valence-electron chi connectivity index (χ0n) is 11.4. The highest BCUT2D eigenvalue weighted by Gasteiger charge is 2.25. The largest absolute Gasteiger partial charge is 0.377 e. The average molecular weight is 286 g/mol. The third-order valence-corrected chi connectivity index (χ3v) is 3.65. The molecule has 0 aromatic carbocycles. The second kappa shape index (κ2) is 6.39. The Labute approximate surface area is 118 Å². The molecular formula is C13H20ClN3O2. The maximum Gasteiger partial charge on any atom is 0.274 e. The van der Waals surface area contributed by atoms with Gasteiger partial charge in [-0.25, -0.2) is 0 Å². The lowest BCUT2D eigenvalue weighted by Crippen LogP contribution is -2.41. The maximum absolute atomic E-state index is 12.3. The van der Waals surface area contributed by atoms with Crippen molar-refractivity contribution in [1.29, 1.82) is 0 Å². The SMILES string of the molecule is Cc1cc(C(=O)N2CCC(OCCCl)CC2)nn1C. The Bertz CT molecular complexity index is 420. The molecule has 5 nitrogen and oxygen atoms in total. The number of likely N-dealkylation sites (tertiary alicyclic amines) is 1. The molecule has 106 valence electrons. The van der Waals surface area contributed by atoms with Crippen LogP contribution in [0.15, 0.2) is 6.07 Å². The maximum atomic E-state index is 12.3. The second-order valence-electron chi connectivity index (χ2n) is 4.85. The van der Waals surface area contributed by atoms with E-state index in [-0.39, 0.29) is 12.0 Å². The van der Waals surface area contributed by atoms with Crippen molar-refractivity contribution < 1.29 is 9.53 Å². The summed E-state index contributed by atoms with van der Waals surface area (Å²) in [6.07, 6.45) is 1.97. The molecule has 19 heavy (non-hydrogen) atoms. The number of carbonyl (C=O) groups excluding carboxylic acids is 1. The first-order chi connectivity index (χ1) is 9.11. The quantitative estimate of drug-likeness (QED) is 0.789. The molecule has 1 aliphatic heterocycles. The van der Waals surface area contributed by atoms with E-state index in [1.165, 1.54) is 0 Å². The number of halogens is 1. The Kier molecular flexibility index (Phi) is 4.82. The molecule has 0 atom stereocenters. The number of hydrogen-bond donors (Lipinski definition) is 0. The zero-order chi connectivity index (χ0) is 13.8. The Morgan fingerprint density at radius 2 is 2.21 bits per heavy atom. The summed E-state index contributed by atoms with van der Waals surface area (Å²) in [5.41, 5.74) is 1.52. The molecule has 0 aliphatic carbocycles. The monoisotopic (exact) mass is 285 g/mol. The van der Waals surface area contributed by atoms with Gasteiger partial charge in [0.1, 0.15) is 0 Å². The zero-order valence-corrected chi connectivity index (χ0v) is 12.2. The first-order valence-corrected chi connectivity index (χ1v) is 7.12. The lowest BCUT2D eigenvalue weighted by atomic mass is 10.1. The van der Waals surface area contributed by atoms with Crippen molar-refractivity contribution in [1.82, 2.24) is 14.7 Å². The van der Waals surface area contributed by atoms with E-state index in [4.69, 9.17) is 16.3 Å². The lowest BCUT2D eigenvalue weighted by Gasteiger charge is -2.31. The van der Waals surface area contributed by atoms with E-state index in [0.717, 1.165) is 31.6 Å². The van der Waals surface area contributed by atoms with Gasteiger partial charge in [-0.3, -0.25) is 9.48 Å². The average Bonchev–Trinajstić information content (AvgIpc) is 2.76. The van der Waals surface area contributed by atoms with Crippen LogP contribution in [0.4, 0.5) is 0 Å². The Hall–Kier alpha value is -1.07. The summed E-state index contributed by atoms with van der Waals surface area (Å²) in [4.78, 5) is 14.1. The third kappa shape index (κ3) is 3.48. The number of carbonyl (C=O) groups is 1. The number of nitrogens with zero attached hydrogens (tertiary/aromatic N) is 3. The summed E-state index contributed by atoms with van der Waals surface area (Å²) in [6, 6.07) is 1.83. The van der Waals surface area contributed by atoms with E-state index >= 15 is 0 Å². The van der Waals surface area contributed by atoms with E-state index in [1.807, 2.05) is 24.9 Å². The van der Waals surface area contributed by atoms with Gasteiger partial charge in [-0.15, -0.1) is 11.6 Å². The van der Waals surface area contributed by atoms with E-state index in [2.05, 4.69) is 5.10 Å². The third-order valence-electron chi connectivity index (χ3n) is 3.49. The van der Waals surface area contributed by atoms with Gasteiger partial charge >= 0.3 is 0 Å². The van der Waals surface area contributed by atoms with Crippen molar-refractivity contribution in [3.05, 3.63) is 17.5 Å². The molecule has 0 unspecified atom stereocenters. The first kappa shape index (κ1) is 14.3. The van der Waals surface area contributed by atoms with Crippen LogP contribution < -0.4 is 0 Å². The van der Waals surface area contributed by atoms with Crippen molar-refractivity contribution in [3.63, 3.8) is 0 Å². The van der Waals surface area contributed by atoms with Crippen LogP contribution in [0, 0.1) is 6.92 Å². The predicted molar refractivity (Wildman–Crippen MR) is 73.5 cm³/mol. The Morgan fingerprint density at radius 1 is 1.53 bits per heavy atom. The van der Waals surface area contributed by atoms with Crippen LogP contribution in [0.2, 0.25) is 0 Å². The highest BCUT2D eigenvalue weighted by atomic mass is 35.5. The first-order valence-electron chi connectivity index (χ1n) is 6.59. The molecule has 1 fully saturated rings. The fourth-order valence-electron chi connectivity index (χ4n) is 2.26. The highest BCUT2D eigenvalue weighted by molar-refractivity contribution is 6.17. The number of aryl methyl sites for hydroxylation is 2. The number of amides is 1. The van der Waals surface area contributed by atoms with Gasteiger partial charge in [0.2, 0.25) is 0 Å². The van der Waals surface area contributed by atoms with Gasteiger partial charge in [0.15, 0.2) is 5.69 Å². The minimum atomic E-state index is 0.0134. The van der Waals surface area contributed by atoms with E-state index in [0.29, 0.717) is 18.2 Å². The summed E-state index contributed by atoms with van der Waals surface area (Å²) < 4.78 is 7.33. The minimum absolute atomic E-state index is 0.0134. The highest BCUT2D eigenvalue weighted by Crippen LogP contribution is 2.16. The van der Waals surface area contributed by atoms with Crippen molar-refractivity contribution in [3.8, 4) is 0 Å².